The molecule has 3 aromatic rings. The van der Waals surface area contributed by atoms with Gasteiger partial charge in [0.05, 0.1) is 22.9 Å². The van der Waals surface area contributed by atoms with Gasteiger partial charge in [0.2, 0.25) is 0 Å². The highest BCUT2D eigenvalue weighted by molar-refractivity contribution is 7.09. The van der Waals surface area contributed by atoms with Crippen molar-refractivity contribution in [1.29, 1.82) is 0 Å². The SMILES string of the molecule is Cc1nc([C@@H]2CC[C@H]2c2nc3c(cnn3C3CCOCC3)c(=O)[nH]2)cs1. The lowest BCUT2D eigenvalue weighted by molar-refractivity contribution is 0.0673. The molecule has 8 heteroatoms. The summed E-state index contributed by atoms with van der Waals surface area (Å²) in [5, 5.41) is 8.26. The number of nitrogens with zero attached hydrogens (tertiary/aromatic N) is 4. The van der Waals surface area contributed by atoms with Crippen LogP contribution in [0.5, 0.6) is 0 Å². The second-order valence-corrected chi connectivity index (χ2v) is 8.27. The Balaban J connectivity index is 1.53. The van der Waals surface area contributed by atoms with Gasteiger partial charge in [-0.2, -0.15) is 5.10 Å². The first-order valence-corrected chi connectivity index (χ1v) is 10.1. The third kappa shape index (κ3) is 2.59. The maximum absolute atomic E-state index is 12.6. The number of fused-ring (bicyclic) bond motifs is 1. The summed E-state index contributed by atoms with van der Waals surface area (Å²) in [6.45, 7) is 3.49. The number of hydrogen-bond acceptors (Lipinski definition) is 6. The molecule has 1 saturated carbocycles. The van der Waals surface area contributed by atoms with E-state index in [2.05, 4.69) is 20.4 Å². The van der Waals surface area contributed by atoms with Crippen LogP contribution in [0.3, 0.4) is 0 Å². The van der Waals surface area contributed by atoms with Crippen molar-refractivity contribution < 1.29 is 4.74 Å². The summed E-state index contributed by atoms with van der Waals surface area (Å²) in [7, 11) is 0. The van der Waals surface area contributed by atoms with Crippen molar-refractivity contribution in [3.05, 3.63) is 38.5 Å². The van der Waals surface area contributed by atoms with Gasteiger partial charge in [-0.05, 0) is 32.6 Å². The number of aromatic amines is 1. The zero-order valence-electron chi connectivity index (χ0n) is 14.6. The summed E-state index contributed by atoms with van der Waals surface area (Å²) in [6, 6.07) is 0.252. The van der Waals surface area contributed by atoms with Gasteiger partial charge in [0, 0.05) is 30.4 Å². The van der Waals surface area contributed by atoms with Crippen molar-refractivity contribution in [3.8, 4) is 0 Å². The van der Waals surface area contributed by atoms with Crippen LogP contribution >= 0.6 is 11.3 Å². The molecule has 2 aliphatic rings. The number of aryl methyl sites for hydroxylation is 1. The first-order chi connectivity index (χ1) is 12.7. The van der Waals surface area contributed by atoms with Crippen LogP contribution in [0.25, 0.3) is 11.0 Å². The van der Waals surface area contributed by atoms with Gasteiger partial charge >= 0.3 is 0 Å². The number of thiazole rings is 1. The first-order valence-electron chi connectivity index (χ1n) is 9.18. The average Bonchev–Trinajstić information content (AvgIpc) is 3.21. The third-order valence-electron chi connectivity index (χ3n) is 5.66. The molecule has 5 rings (SSSR count). The monoisotopic (exact) mass is 371 g/mol. The summed E-state index contributed by atoms with van der Waals surface area (Å²) in [5.41, 5.74) is 1.74. The molecule has 0 radical (unpaired) electrons. The predicted molar refractivity (Wildman–Crippen MR) is 98.8 cm³/mol. The van der Waals surface area contributed by atoms with Gasteiger partial charge in [0.1, 0.15) is 11.2 Å². The second-order valence-electron chi connectivity index (χ2n) is 7.20. The molecule has 1 N–H and O–H groups in total. The fourth-order valence-corrected chi connectivity index (χ4v) is 4.73. The Labute approximate surface area is 154 Å². The molecule has 0 unspecified atom stereocenters. The number of nitrogens with one attached hydrogen (secondary N) is 1. The molecule has 136 valence electrons. The van der Waals surface area contributed by atoms with Crippen molar-refractivity contribution in [3.63, 3.8) is 0 Å². The van der Waals surface area contributed by atoms with Crippen LogP contribution in [0, 0.1) is 6.92 Å². The Morgan fingerprint density at radius 1 is 1.19 bits per heavy atom. The van der Waals surface area contributed by atoms with Crippen molar-refractivity contribution in [2.75, 3.05) is 13.2 Å². The van der Waals surface area contributed by atoms with Gasteiger partial charge in [-0.1, -0.05) is 0 Å². The van der Waals surface area contributed by atoms with E-state index in [4.69, 9.17) is 9.72 Å². The third-order valence-corrected chi connectivity index (χ3v) is 6.45. The summed E-state index contributed by atoms with van der Waals surface area (Å²) in [4.78, 5) is 25.1. The highest BCUT2D eigenvalue weighted by Crippen LogP contribution is 2.47. The second kappa shape index (κ2) is 6.28. The smallest absolute Gasteiger partial charge is 0.262 e. The molecule has 4 heterocycles. The molecule has 1 aliphatic heterocycles. The Bertz CT molecular complexity index is 1000. The van der Waals surface area contributed by atoms with Crippen LogP contribution in [-0.4, -0.2) is 37.9 Å². The van der Waals surface area contributed by atoms with Gasteiger partial charge < -0.3 is 9.72 Å². The minimum absolute atomic E-state index is 0.0941. The van der Waals surface area contributed by atoms with Crippen LogP contribution in [0.1, 0.15) is 60.1 Å². The Hall–Kier alpha value is -2.06. The van der Waals surface area contributed by atoms with E-state index in [9.17, 15) is 4.79 Å². The van der Waals surface area contributed by atoms with Crippen molar-refractivity contribution >= 4 is 22.4 Å². The van der Waals surface area contributed by atoms with Crippen LogP contribution < -0.4 is 5.56 Å². The topological polar surface area (TPSA) is 85.7 Å². The molecule has 0 spiro atoms. The Morgan fingerprint density at radius 2 is 2.00 bits per heavy atom. The van der Waals surface area contributed by atoms with Crippen molar-refractivity contribution in [2.24, 2.45) is 0 Å². The van der Waals surface area contributed by atoms with Gasteiger partial charge in [-0.25, -0.2) is 14.6 Å². The molecule has 7 nitrogen and oxygen atoms in total. The zero-order valence-corrected chi connectivity index (χ0v) is 15.5. The van der Waals surface area contributed by atoms with E-state index in [-0.39, 0.29) is 17.5 Å². The molecule has 1 saturated heterocycles. The molecule has 2 fully saturated rings. The fourth-order valence-electron chi connectivity index (χ4n) is 4.06. The molecule has 3 aromatic heterocycles. The van der Waals surface area contributed by atoms with Crippen LogP contribution in [0.15, 0.2) is 16.4 Å². The minimum atomic E-state index is -0.0941. The van der Waals surface area contributed by atoms with E-state index < -0.39 is 0 Å². The lowest BCUT2D eigenvalue weighted by Crippen LogP contribution is -2.27. The zero-order chi connectivity index (χ0) is 17.7. The van der Waals surface area contributed by atoms with Gasteiger partial charge in [-0.3, -0.25) is 4.79 Å². The van der Waals surface area contributed by atoms with E-state index in [1.807, 2.05) is 11.6 Å². The van der Waals surface area contributed by atoms with Crippen molar-refractivity contribution in [2.45, 2.75) is 50.5 Å². The molecular weight excluding hydrogens is 350 g/mol. The summed E-state index contributed by atoms with van der Waals surface area (Å²) >= 11 is 1.68. The molecule has 0 aromatic carbocycles. The Kier molecular flexibility index (Phi) is 3.90. The van der Waals surface area contributed by atoms with E-state index in [1.54, 1.807) is 17.5 Å². The van der Waals surface area contributed by atoms with E-state index in [1.165, 1.54) is 0 Å². The highest BCUT2D eigenvalue weighted by Gasteiger charge is 2.37. The van der Waals surface area contributed by atoms with Crippen molar-refractivity contribution in [1.82, 2.24) is 24.7 Å². The van der Waals surface area contributed by atoms with Gasteiger partial charge in [-0.15, -0.1) is 11.3 Å². The quantitative estimate of drug-likeness (QED) is 0.765. The average molecular weight is 371 g/mol. The highest BCUT2D eigenvalue weighted by atomic mass is 32.1. The molecule has 0 amide bonds. The Morgan fingerprint density at radius 3 is 2.69 bits per heavy atom. The van der Waals surface area contributed by atoms with Crippen LogP contribution in [0.2, 0.25) is 0 Å². The van der Waals surface area contributed by atoms with E-state index >= 15 is 0 Å². The maximum atomic E-state index is 12.6. The minimum Gasteiger partial charge on any atom is -0.381 e. The summed E-state index contributed by atoms with van der Waals surface area (Å²) in [6.07, 6.45) is 5.58. The standard InChI is InChI=1S/C18H21N5O2S/c1-10-20-15(9-26-10)12-2-3-13(12)16-21-17-14(18(24)22-16)8-19-23(17)11-4-6-25-7-5-11/h8-9,11-13H,2-7H2,1H3,(H,21,22,24)/t12-,13-/m1/s1. The van der Waals surface area contributed by atoms with E-state index in [0.29, 0.717) is 17.0 Å². The molecule has 26 heavy (non-hydrogen) atoms. The number of H-pyrrole nitrogens is 1. The number of aromatic nitrogens is 5. The van der Waals surface area contributed by atoms with Crippen LogP contribution in [-0.2, 0) is 4.74 Å². The molecular formula is C18H21N5O2S. The normalized spacial score (nSPS) is 24.0. The number of ether oxygens (including phenoxy) is 1. The molecule has 1 aliphatic carbocycles. The largest absolute Gasteiger partial charge is 0.381 e. The fraction of sp³-hybridized carbons (Fsp3) is 0.556. The van der Waals surface area contributed by atoms with Crippen LogP contribution in [0.4, 0.5) is 0 Å². The van der Waals surface area contributed by atoms with Gasteiger partial charge in [0.15, 0.2) is 5.65 Å². The van der Waals surface area contributed by atoms with Gasteiger partial charge in [0.25, 0.3) is 5.56 Å². The molecule has 2 atom stereocenters. The predicted octanol–water partition coefficient (Wildman–Crippen LogP) is 2.90. The summed E-state index contributed by atoms with van der Waals surface area (Å²) < 4.78 is 7.38. The summed E-state index contributed by atoms with van der Waals surface area (Å²) in [5.74, 6) is 1.35. The molecule has 0 bridgehead atoms. The lowest BCUT2D eigenvalue weighted by atomic mass is 9.71. The number of rotatable bonds is 3. The first kappa shape index (κ1) is 16.1. The maximum Gasteiger partial charge on any atom is 0.262 e. The van der Waals surface area contributed by atoms with E-state index in [0.717, 1.165) is 55.4 Å². The lowest BCUT2D eigenvalue weighted by Gasteiger charge is -2.34. The number of hydrogen-bond donors (Lipinski definition) is 1.